The molecule has 1 unspecified atom stereocenters. The molecule has 0 saturated carbocycles. The molecule has 37 heavy (non-hydrogen) atoms. The van der Waals surface area contributed by atoms with E-state index in [2.05, 4.69) is 70.2 Å². The van der Waals surface area contributed by atoms with Gasteiger partial charge in [-0.3, -0.25) is 0 Å². The van der Waals surface area contributed by atoms with Gasteiger partial charge in [-0.25, -0.2) is 0 Å². The van der Waals surface area contributed by atoms with Gasteiger partial charge in [-0.2, -0.15) is 5.11 Å². The van der Waals surface area contributed by atoms with Crippen LogP contribution in [0.4, 0.5) is 34.1 Å². The Morgan fingerprint density at radius 2 is 1.14 bits per heavy atom. The van der Waals surface area contributed by atoms with Crippen molar-refractivity contribution in [1.82, 2.24) is 0 Å². The zero-order valence-electron chi connectivity index (χ0n) is 20.7. The van der Waals surface area contributed by atoms with E-state index in [1.54, 1.807) is 0 Å². The molecule has 0 fully saturated rings. The van der Waals surface area contributed by atoms with E-state index in [1.807, 2.05) is 72.8 Å². The van der Waals surface area contributed by atoms with E-state index in [0.717, 1.165) is 55.7 Å². The molecular weight excluding hydrogens is 456 g/mol. The number of hydrogen-bond acceptors (Lipinski definition) is 6. The van der Waals surface area contributed by atoms with E-state index in [1.165, 1.54) is 5.57 Å². The summed E-state index contributed by atoms with van der Waals surface area (Å²) in [6.45, 7) is 4.18. The highest BCUT2D eigenvalue weighted by Crippen LogP contribution is 2.41. The maximum Gasteiger partial charge on any atom is 0.119 e. The molecule has 0 spiro atoms. The van der Waals surface area contributed by atoms with Gasteiger partial charge in [0.25, 0.3) is 0 Å². The van der Waals surface area contributed by atoms with Gasteiger partial charge < -0.3 is 10.6 Å². The summed E-state index contributed by atoms with van der Waals surface area (Å²) in [6, 6.07) is 32.1. The largest absolute Gasteiger partial charge is 0.361 e. The number of nitrogens with zero attached hydrogens (tertiary/aromatic N) is 4. The van der Waals surface area contributed by atoms with Gasteiger partial charge >= 0.3 is 0 Å². The summed E-state index contributed by atoms with van der Waals surface area (Å²) in [5.74, 6) is 0. The Hall–Kier alpha value is -4.84. The fourth-order valence-corrected chi connectivity index (χ4v) is 4.62. The summed E-state index contributed by atoms with van der Waals surface area (Å²) in [5.41, 5.74) is 6.64. The molecule has 1 atom stereocenters. The van der Waals surface area contributed by atoms with Crippen molar-refractivity contribution in [3.8, 4) is 0 Å². The van der Waals surface area contributed by atoms with Gasteiger partial charge in [0.1, 0.15) is 6.17 Å². The van der Waals surface area contributed by atoms with Crippen molar-refractivity contribution < 1.29 is 0 Å². The van der Waals surface area contributed by atoms with Gasteiger partial charge in [0.15, 0.2) is 0 Å². The molecule has 6 nitrogen and oxygen atoms in total. The Kier molecular flexibility index (Phi) is 5.91. The number of benzene rings is 5. The van der Waals surface area contributed by atoms with Gasteiger partial charge in [0.05, 0.1) is 22.7 Å². The van der Waals surface area contributed by atoms with Gasteiger partial charge in [-0.15, -0.1) is 15.3 Å². The molecule has 2 N–H and O–H groups in total. The van der Waals surface area contributed by atoms with E-state index in [4.69, 9.17) is 5.11 Å². The molecule has 0 amide bonds. The molecule has 1 aliphatic heterocycles. The highest BCUT2D eigenvalue weighted by Gasteiger charge is 2.21. The second-order valence-corrected chi connectivity index (χ2v) is 9.00. The summed E-state index contributed by atoms with van der Waals surface area (Å²) >= 11 is 0. The Balaban J connectivity index is 1.36. The lowest BCUT2D eigenvalue weighted by atomic mass is 10.0. The number of allylic oxidation sites excluding steroid dienone is 1. The highest BCUT2D eigenvalue weighted by atomic mass is 15.2. The molecule has 6 heteroatoms. The predicted molar refractivity (Wildman–Crippen MR) is 153 cm³/mol. The van der Waals surface area contributed by atoms with Gasteiger partial charge in [-0.1, -0.05) is 60.7 Å². The molecule has 5 aromatic rings. The topological polar surface area (TPSA) is 73.5 Å². The molecule has 6 rings (SSSR count). The maximum atomic E-state index is 4.69. The average Bonchev–Trinajstić information content (AvgIpc) is 2.96. The minimum atomic E-state index is 0.0690. The predicted octanol–water partition coefficient (Wildman–Crippen LogP) is 9.95. The maximum absolute atomic E-state index is 4.69. The van der Waals surface area contributed by atoms with Crippen LogP contribution in [0.15, 0.2) is 129 Å². The number of azo groups is 2. The molecule has 5 aromatic carbocycles. The van der Waals surface area contributed by atoms with E-state index in [9.17, 15) is 0 Å². The standard InChI is InChI=1S/C31H26N6/c1-3-20(2)31-32-28-15-9-14-24-27(18-19-29(33-31)30(24)28)37-36-26-17-16-25(22-12-7-8-13-23(22)26)35-34-21-10-5-4-6-11-21/h3-19,31-33H,1-2H3/b20-3+,35-34+,37-36+. The van der Waals surface area contributed by atoms with Crippen molar-refractivity contribution >= 4 is 55.7 Å². The third-order valence-electron chi connectivity index (χ3n) is 6.70. The summed E-state index contributed by atoms with van der Waals surface area (Å²) < 4.78 is 0. The van der Waals surface area contributed by atoms with Gasteiger partial charge in [0.2, 0.25) is 0 Å². The number of hydrogen-bond donors (Lipinski definition) is 2. The van der Waals surface area contributed by atoms with Crippen LogP contribution in [0.3, 0.4) is 0 Å². The second-order valence-electron chi connectivity index (χ2n) is 9.00. The first-order chi connectivity index (χ1) is 18.2. The quantitative estimate of drug-likeness (QED) is 0.193. The zero-order valence-corrected chi connectivity index (χ0v) is 20.7. The number of fused-ring (bicyclic) bond motifs is 1. The molecule has 1 aliphatic rings. The fourth-order valence-electron chi connectivity index (χ4n) is 4.62. The third kappa shape index (κ3) is 4.34. The van der Waals surface area contributed by atoms with Crippen LogP contribution in [-0.2, 0) is 0 Å². The molecule has 0 aromatic heterocycles. The van der Waals surface area contributed by atoms with Crippen molar-refractivity contribution in [3.05, 3.63) is 109 Å². The molecule has 1 heterocycles. The van der Waals surface area contributed by atoms with Crippen LogP contribution in [0.1, 0.15) is 13.8 Å². The van der Waals surface area contributed by atoms with Crippen LogP contribution in [-0.4, -0.2) is 6.17 Å². The lowest BCUT2D eigenvalue weighted by Gasteiger charge is -2.30. The highest BCUT2D eigenvalue weighted by molar-refractivity contribution is 6.09. The van der Waals surface area contributed by atoms with E-state index in [-0.39, 0.29) is 6.17 Å². The summed E-state index contributed by atoms with van der Waals surface area (Å²) in [7, 11) is 0. The van der Waals surface area contributed by atoms with Crippen LogP contribution in [0.2, 0.25) is 0 Å². The van der Waals surface area contributed by atoms with Gasteiger partial charge in [0, 0.05) is 32.9 Å². The number of anilines is 2. The van der Waals surface area contributed by atoms with Crippen LogP contribution >= 0.6 is 0 Å². The molecule has 0 saturated heterocycles. The van der Waals surface area contributed by atoms with Crippen LogP contribution < -0.4 is 10.6 Å². The van der Waals surface area contributed by atoms with Crippen molar-refractivity contribution in [2.45, 2.75) is 20.0 Å². The fraction of sp³-hybridized carbons (Fsp3) is 0.0968. The minimum Gasteiger partial charge on any atom is -0.361 e. The number of nitrogens with one attached hydrogen (secondary N) is 2. The average molecular weight is 483 g/mol. The molecule has 0 aliphatic carbocycles. The molecule has 0 radical (unpaired) electrons. The second kappa shape index (κ2) is 9.66. The van der Waals surface area contributed by atoms with Crippen molar-refractivity contribution in [3.63, 3.8) is 0 Å². The normalized spacial score (nSPS) is 15.4. The summed E-state index contributed by atoms with van der Waals surface area (Å²) in [6.07, 6.45) is 2.19. The minimum absolute atomic E-state index is 0.0690. The Morgan fingerprint density at radius 1 is 0.595 bits per heavy atom. The monoisotopic (exact) mass is 482 g/mol. The SMILES string of the molecule is C/C=C(\C)C1Nc2cccc3c(/N=N/c4ccc(/N=N/c5ccccc5)c5ccccc45)ccc(c23)N1. The molecule has 0 bridgehead atoms. The zero-order chi connectivity index (χ0) is 25.2. The Morgan fingerprint density at radius 3 is 1.81 bits per heavy atom. The van der Waals surface area contributed by atoms with Crippen molar-refractivity contribution in [2.75, 3.05) is 10.6 Å². The van der Waals surface area contributed by atoms with E-state index < -0.39 is 0 Å². The summed E-state index contributed by atoms with van der Waals surface area (Å²) in [4.78, 5) is 0. The first-order valence-corrected chi connectivity index (χ1v) is 12.3. The first kappa shape index (κ1) is 22.6. The Labute approximate surface area is 215 Å². The van der Waals surface area contributed by atoms with Crippen LogP contribution in [0, 0.1) is 0 Å². The first-order valence-electron chi connectivity index (χ1n) is 12.3. The lowest BCUT2D eigenvalue weighted by molar-refractivity contribution is 0.930. The third-order valence-corrected chi connectivity index (χ3v) is 6.70. The smallest absolute Gasteiger partial charge is 0.119 e. The van der Waals surface area contributed by atoms with Crippen molar-refractivity contribution in [1.29, 1.82) is 0 Å². The van der Waals surface area contributed by atoms with Gasteiger partial charge in [-0.05, 0) is 61.9 Å². The summed E-state index contributed by atoms with van der Waals surface area (Å²) in [5, 5.41) is 29.6. The lowest BCUT2D eigenvalue weighted by Crippen LogP contribution is -2.32. The van der Waals surface area contributed by atoms with Crippen LogP contribution in [0.5, 0.6) is 0 Å². The number of rotatable bonds is 5. The van der Waals surface area contributed by atoms with E-state index >= 15 is 0 Å². The molecular formula is C31H26N6. The molecule has 180 valence electrons. The van der Waals surface area contributed by atoms with E-state index in [0.29, 0.717) is 0 Å². The van der Waals surface area contributed by atoms with Crippen LogP contribution in [0.25, 0.3) is 21.5 Å². The van der Waals surface area contributed by atoms with Crippen molar-refractivity contribution in [2.24, 2.45) is 20.5 Å². The Bertz CT molecular complexity index is 1690.